The topological polar surface area (TPSA) is 61.4 Å². The smallest absolute Gasteiger partial charge is 0.317 e. The van der Waals surface area contributed by atoms with Crippen LogP contribution in [0, 0.1) is 0 Å². The van der Waals surface area contributed by atoms with E-state index in [-0.39, 0.29) is 11.9 Å². The summed E-state index contributed by atoms with van der Waals surface area (Å²) >= 11 is 1.92. The summed E-state index contributed by atoms with van der Waals surface area (Å²) in [6, 6.07) is 7.39. The highest BCUT2D eigenvalue weighted by molar-refractivity contribution is 7.99. The first-order valence-electron chi connectivity index (χ1n) is 8.61. The molecule has 0 spiro atoms. The average Bonchev–Trinajstić information content (AvgIpc) is 2.82. The molecule has 1 heterocycles. The predicted octanol–water partition coefficient (Wildman–Crippen LogP) is 2.86. The first-order valence-corrected chi connectivity index (χ1v) is 9.66. The third-order valence-corrected chi connectivity index (χ3v) is 5.25. The zero-order valence-electron chi connectivity index (χ0n) is 14.5. The van der Waals surface area contributed by atoms with Crippen LogP contribution >= 0.6 is 11.8 Å². The molecule has 2 rings (SSSR count). The van der Waals surface area contributed by atoms with Crippen molar-refractivity contribution in [3.05, 3.63) is 35.4 Å². The fraction of sp³-hybridized carbons (Fsp3) is 0.556. The summed E-state index contributed by atoms with van der Waals surface area (Å²) in [6.45, 7) is 6.94. The highest BCUT2D eigenvalue weighted by atomic mass is 32.2. The minimum Gasteiger partial charge on any atom is -0.352 e. The second-order valence-electron chi connectivity index (χ2n) is 6.07. The Kier molecular flexibility index (Phi) is 7.43. The lowest BCUT2D eigenvalue weighted by Crippen LogP contribution is -2.40. The van der Waals surface area contributed by atoms with Gasteiger partial charge in [0.1, 0.15) is 0 Å². The second kappa shape index (κ2) is 9.57. The van der Waals surface area contributed by atoms with Crippen molar-refractivity contribution in [3.63, 3.8) is 0 Å². The molecule has 1 fully saturated rings. The van der Waals surface area contributed by atoms with E-state index in [1.165, 1.54) is 0 Å². The number of carbonyl (C=O) groups excluding carboxylic acids is 2. The monoisotopic (exact) mass is 349 g/mol. The first kappa shape index (κ1) is 18.6. The van der Waals surface area contributed by atoms with Gasteiger partial charge in [0.2, 0.25) is 0 Å². The van der Waals surface area contributed by atoms with E-state index in [2.05, 4.69) is 17.6 Å². The Labute approximate surface area is 148 Å². The molecule has 1 saturated heterocycles. The van der Waals surface area contributed by atoms with Gasteiger partial charge in [-0.1, -0.05) is 26.0 Å². The molecular formula is C18H27N3O2S. The Morgan fingerprint density at radius 3 is 2.92 bits per heavy atom. The molecule has 1 aliphatic heterocycles. The van der Waals surface area contributed by atoms with Crippen LogP contribution in [-0.4, -0.2) is 47.5 Å². The van der Waals surface area contributed by atoms with Gasteiger partial charge in [-0.15, -0.1) is 0 Å². The molecule has 0 aliphatic carbocycles. The van der Waals surface area contributed by atoms with E-state index in [1.807, 2.05) is 41.8 Å². The molecule has 0 bridgehead atoms. The summed E-state index contributed by atoms with van der Waals surface area (Å²) < 4.78 is 0. The van der Waals surface area contributed by atoms with E-state index in [4.69, 9.17) is 0 Å². The molecule has 0 saturated carbocycles. The minimum absolute atomic E-state index is 0.0227. The van der Waals surface area contributed by atoms with Gasteiger partial charge < -0.3 is 15.5 Å². The number of carbonyl (C=O) groups is 2. The van der Waals surface area contributed by atoms with Crippen molar-refractivity contribution in [3.8, 4) is 0 Å². The number of urea groups is 1. The molecule has 1 aromatic rings. The second-order valence-corrected chi connectivity index (χ2v) is 7.62. The van der Waals surface area contributed by atoms with Gasteiger partial charge in [0.25, 0.3) is 5.91 Å². The van der Waals surface area contributed by atoms with Gasteiger partial charge in [-0.3, -0.25) is 4.79 Å². The summed E-state index contributed by atoms with van der Waals surface area (Å²) in [5.74, 6) is 0.922. The molecule has 0 radical (unpaired) electrons. The Morgan fingerprint density at radius 1 is 1.29 bits per heavy atom. The Hall–Kier alpha value is -1.69. The number of thioether (sulfide) groups is 1. The normalized spacial score (nSPS) is 17.9. The van der Waals surface area contributed by atoms with Crippen LogP contribution in [0.5, 0.6) is 0 Å². The Bertz CT molecular complexity index is 565. The highest BCUT2D eigenvalue weighted by Gasteiger charge is 2.18. The van der Waals surface area contributed by atoms with Crippen molar-refractivity contribution in [2.45, 2.75) is 38.5 Å². The number of benzene rings is 1. The lowest BCUT2D eigenvalue weighted by atomic mass is 10.1. The molecule has 0 aromatic heterocycles. The molecule has 24 heavy (non-hydrogen) atoms. The third-order valence-electron chi connectivity index (χ3n) is 4.02. The number of amides is 3. The Morgan fingerprint density at radius 2 is 2.12 bits per heavy atom. The van der Waals surface area contributed by atoms with Gasteiger partial charge >= 0.3 is 6.03 Å². The zero-order chi connectivity index (χ0) is 17.4. The van der Waals surface area contributed by atoms with Crippen molar-refractivity contribution in [2.24, 2.45) is 0 Å². The number of rotatable bonds is 5. The van der Waals surface area contributed by atoms with Crippen LogP contribution in [0.3, 0.4) is 0 Å². The van der Waals surface area contributed by atoms with Gasteiger partial charge in [0.15, 0.2) is 0 Å². The van der Waals surface area contributed by atoms with Gasteiger partial charge in [-0.25, -0.2) is 4.79 Å². The molecule has 0 unspecified atom stereocenters. The van der Waals surface area contributed by atoms with E-state index in [9.17, 15) is 9.59 Å². The minimum atomic E-state index is -0.0662. The van der Waals surface area contributed by atoms with Crippen LogP contribution in [0.25, 0.3) is 0 Å². The van der Waals surface area contributed by atoms with Crippen molar-refractivity contribution in [1.82, 2.24) is 15.5 Å². The summed E-state index contributed by atoms with van der Waals surface area (Å²) in [5.41, 5.74) is 1.57. The maximum atomic E-state index is 12.3. The lowest BCUT2D eigenvalue weighted by Gasteiger charge is -2.20. The molecule has 3 amide bonds. The van der Waals surface area contributed by atoms with E-state index in [1.54, 1.807) is 6.07 Å². The number of nitrogens with zero attached hydrogens (tertiary/aromatic N) is 1. The number of hydrogen-bond acceptors (Lipinski definition) is 3. The molecule has 6 heteroatoms. The number of hydrogen-bond donors (Lipinski definition) is 2. The SMILES string of the molecule is CCCNC(=O)c1cccc(CNC(=O)N2CCS[C@H](C)CC2)c1. The van der Waals surface area contributed by atoms with E-state index in [0.29, 0.717) is 23.9 Å². The molecule has 2 N–H and O–H groups in total. The molecule has 1 atom stereocenters. The molecule has 132 valence electrons. The molecule has 1 aliphatic rings. The molecule has 1 aromatic carbocycles. The molecule has 5 nitrogen and oxygen atoms in total. The summed E-state index contributed by atoms with van der Waals surface area (Å²) in [4.78, 5) is 26.2. The van der Waals surface area contributed by atoms with Crippen molar-refractivity contribution in [2.75, 3.05) is 25.4 Å². The van der Waals surface area contributed by atoms with E-state index < -0.39 is 0 Å². The van der Waals surface area contributed by atoms with Crippen LogP contribution in [-0.2, 0) is 6.54 Å². The largest absolute Gasteiger partial charge is 0.352 e. The Balaban J connectivity index is 1.87. The number of nitrogens with one attached hydrogen (secondary N) is 2. The van der Waals surface area contributed by atoms with Crippen molar-refractivity contribution < 1.29 is 9.59 Å². The summed E-state index contributed by atoms with van der Waals surface area (Å²) in [6.07, 6.45) is 1.94. The fourth-order valence-electron chi connectivity index (χ4n) is 2.55. The summed E-state index contributed by atoms with van der Waals surface area (Å²) in [5, 5.41) is 6.45. The van der Waals surface area contributed by atoms with Crippen molar-refractivity contribution >= 4 is 23.7 Å². The predicted molar refractivity (Wildman–Crippen MR) is 99.4 cm³/mol. The maximum absolute atomic E-state index is 12.3. The zero-order valence-corrected chi connectivity index (χ0v) is 15.3. The van der Waals surface area contributed by atoms with Gasteiger partial charge in [0, 0.05) is 42.7 Å². The summed E-state index contributed by atoms with van der Waals surface area (Å²) in [7, 11) is 0. The molecular weight excluding hydrogens is 322 g/mol. The van der Waals surface area contributed by atoms with Crippen LogP contribution in [0.15, 0.2) is 24.3 Å². The van der Waals surface area contributed by atoms with Gasteiger partial charge in [0.05, 0.1) is 0 Å². The van der Waals surface area contributed by atoms with E-state index in [0.717, 1.165) is 37.2 Å². The average molecular weight is 350 g/mol. The van der Waals surface area contributed by atoms with Crippen LogP contribution < -0.4 is 10.6 Å². The van der Waals surface area contributed by atoms with Gasteiger partial charge in [-0.05, 0) is 30.5 Å². The van der Waals surface area contributed by atoms with E-state index >= 15 is 0 Å². The van der Waals surface area contributed by atoms with Crippen molar-refractivity contribution in [1.29, 1.82) is 0 Å². The van der Waals surface area contributed by atoms with Crippen LogP contribution in [0.2, 0.25) is 0 Å². The fourth-order valence-corrected chi connectivity index (χ4v) is 3.55. The third kappa shape index (κ3) is 5.74. The van der Waals surface area contributed by atoms with Crippen LogP contribution in [0.1, 0.15) is 42.6 Å². The van der Waals surface area contributed by atoms with Crippen LogP contribution in [0.4, 0.5) is 4.79 Å². The van der Waals surface area contributed by atoms with Gasteiger partial charge in [-0.2, -0.15) is 11.8 Å². The standard InChI is InChI=1S/C18H27N3O2S/c1-3-8-19-17(22)16-6-4-5-15(12-16)13-20-18(23)21-9-7-14(2)24-11-10-21/h4-6,12,14H,3,7-11,13H2,1-2H3,(H,19,22)(H,20,23)/t14-/m1/s1. The lowest BCUT2D eigenvalue weighted by molar-refractivity contribution is 0.0953. The quantitative estimate of drug-likeness (QED) is 0.859. The first-order chi connectivity index (χ1) is 11.6. The highest BCUT2D eigenvalue weighted by Crippen LogP contribution is 2.18. The maximum Gasteiger partial charge on any atom is 0.317 e.